The highest BCUT2D eigenvalue weighted by Crippen LogP contribution is 2.25. The first-order valence-electron chi connectivity index (χ1n) is 9.29. The van der Waals surface area contributed by atoms with Crippen molar-refractivity contribution >= 4 is 21.9 Å². The molecule has 0 atom stereocenters. The quantitative estimate of drug-likeness (QED) is 0.483. The average Bonchev–Trinajstić information content (AvgIpc) is 3.14. The number of rotatable bonds is 6. The minimum Gasteiger partial charge on any atom is -0.493 e. The first-order valence-corrected chi connectivity index (χ1v) is 9.29. The van der Waals surface area contributed by atoms with Crippen LogP contribution in [0.5, 0.6) is 5.75 Å². The lowest BCUT2D eigenvalue weighted by atomic mass is 10.1. The van der Waals surface area contributed by atoms with E-state index in [0.29, 0.717) is 24.3 Å². The predicted molar refractivity (Wildman–Crippen MR) is 109 cm³/mol. The molecule has 2 heterocycles. The van der Waals surface area contributed by atoms with Gasteiger partial charge in [0.15, 0.2) is 11.2 Å². The molecule has 0 bridgehead atoms. The lowest BCUT2D eigenvalue weighted by Gasteiger charge is -2.10. The average molecular weight is 378 g/mol. The van der Waals surface area contributed by atoms with Crippen molar-refractivity contribution in [2.24, 2.45) is 14.1 Å². The second-order valence-corrected chi connectivity index (χ2v) is 6.85. The van der Waals surface area contributed by atoms with E-state index < -0.39 is 0 Å². The number of imidazole rings is 1. The first-order chi connectivity index (χ1) is 13.6. The van der Waals surface area contributed by atoms with E-state index in [1.807, 2.05) is 28.8 Å². The summed E-state index contributed by atoms with van der Waals surface area (Å²) in [5.74, 6) is 0.884. The molecule has 0 fully saturated rings. The van der Waals surface area contributed by atoms with Crippen molar-refractivity contribution in [2.75, 3.05) is 6.61 Å². The molecule has 0 amide bonds. The van der Waals surface area contributed by atoms with Gasteiger partial charge in [-0.25, -0.2) is 9.78 Å². The molecular weight excluding hydrogens is 356 g/mol. The molecule has 2 aromatic carbocycles. The van der Waals surface area contributed by atoms with Crippen molar-refractivity contribution < 1.29 is 4.74 Å². The zero-order chi connectivity index (χ0) is 19.7. The SMILES string of the molecule is Cn1c(=O)c2c(ncn2CCCCOc2cccc3ccccc23)n(C)c1=O. The Kier molecular flexibility index (Phi) is 4.73. The monoisotopic (exact) mass is 378 g/mol. The zero-order valence-corrected chi connectivity index (χ0v) is 16.0. The zero-order valence-electron chi connectivity index (χ0n) is 16.0. The number of benzene rings is 2. The molecule has 28 heavy (non-hydrogen) atoms. The molecule has 0 saturated carbocycles. The summed E-state index contributed by atoms with van der Waals surface area (Å²) < 4.78 is 10.3. The van der Waals surface area contributed by atoms with Gasteiger partial charge in [0, 0.05) is 26.0 Å². The maximum absolute atomic E-state index is 12.4. The Morgan fingerprint density at radius 2 is 1.75 bits per heavy atom. The standard InChI is InChI=1S/C21H22N4O3/c1-23-19-18(20(26)24(2)21(23)27)25(14-22-19)12-5-6-13-28-17-11-7-9-15-8-3-4-10-16(15)17/h3-4,7-11,14H,5-6,12-13H2,1-2H3. The Bertz CT molecular complexity index is 1260. The molecule has 0 saturated heterocycles. The summed E-state index contributed by atoms with van der Waals surface area (Å²) in [5, 5.41) is 2.27. The molecule has 0 aliphatic carbocycles. The van der Waals surface area contributed by atoms with E-state index in [2.05, 4.69) is 23.2 Å². The smallest absolute Gasteiger partial charge is 0.332 e. The van der Waals surface area contributed by atoms with Crippen LogP contribution >= 0.6 is 0 Å². The molecule has 0 unspecified atom stereocenters. The summed E-state index contributed by atoms with van der Waals surface area (Å²) in [4.78, 5) is 28.7. The van der Waals surface area contributed by atoms with E-state index in [-0.39, 0.29) is 11.2 Å². The van der Waals surface area contributed by atoms with Crippen LogP contribution in [-0.2, 0) is 20.6 Å². The molecule has 4 aromatic rings. The van der Waals surface area contributed by atoms with Gasteiger partial charge in [-0.15, -0.1) is 0 Å². The predicted octanol–water partition coefficient (Wildman–Crippen LogP) is 2.45. The van der Waals surface area contributed by atoms with Crippen molar-refractivity contribution in [3.8, 4) is 5.75 Å². The van der Waals surface area contributed by atoms with Crippen LogP contribution in [0.4, 0.5) is 0 Å². The lowest BCUT2D eigenvalue weighted by Crippen LogP contribution is -2.37. The topological polar surface area (TPSA) is 71.0 Å². The van der Waals surface area contributed by atoms with Crippen molar-refractivity contribution in [1.29, 1.82) is 0 Å². The summed E-state index contributed by atoms with van der Waals surface area (Å²) in [5.41, 5.74) is 0.188. The van der Waals surface area contributed by atoms with Crippen LogP contribution in [0, 0.1) is 0 Å². The van der Waals surface area contributed by atoms with Crippen LogP contribution in [0.25, 0.3) is 21.9 Å². The molecule has 0 radical (unpaired) electrons. The van der Waals surface area contributed by atoms with Gasteiger partial charge in [-0.2, -0.15) is 0 Å². The van der Waals surface area contributed by atoms with Crippen molar-refractivity contribution in [3.63, 3.8) is 0 Å². The van der Waals surface area contributed by atoms with Gasteiger partial charge in [0.2, 0.25) is 0 Å². The summed E-state index contributed by atoms with van der Waals surface area (Å²) in [7, 11) is 3.11. The number of aryl methyl sites for hydroxylation is 2. The van der Waals surface area contributed by atoms with Gasteiger partial charge in [0.1, 0.15) is 5.75 Å². The number of aromatic nitrogens is 4. The van der Waals surface area contributed by atoms with Crippen LogP contribution < -0.4 is 16.0 Å². The molecule has 0 spiro atoms. The maximum atomic E-state index is 12.4. The summed E-state index contributed by atoms with van der Waals surface area (Å²) in [6, 6.07) is 14.2. The molecule has 7 nitrogen and oxygen atoms in total. The van der Waals surface area contributed by atoms with Gasteiger partial charge in [0.25, 0.3) is 5.56 Å². The molecule has 2 aromatic heterocycles. The Morgan fingerprint density at radius 3 is 2.61 bits per heavy atom. The highest BCUT2D eigenvalue weighted by molar-refractivity contribution is 5.88. The second kappa shape index (κ2) is 7.34. The van der Waals surface area contributed by atoms with Gasteiger partial charge in [-0.1, -0.05) is 36.4 Å². The van der Waals surface area contributed by atoms with Crippen molar-refractivity contribution in [1.82, 2.24) is 18.7 Å². The van der Waals surface area contributed by atoms with E-state index in [4.69, 9.17) is 4.74 Å². The minimum absolute atomic E-state index is 0.317. The fourth-order valence-electron chi connectivity index (χ4n) is 3.45. The van der Waals surface area contributed by atoms with E-state index in [0.717, 1.165) is 33.9 Å². The second-order valence-electron chi connectivity index (χ2n) is 6.85. The third kappa shape index (κ3) is 3.09. The largest absolute Gasteiger partial charge is 0.493 e. The Hall–Kier alpha value is -3.35. The summed E-state index contributed by atoms with van der Waals surface area (Å²) >= 11 is 0. The highest BCUT2D eigenvalue weighted by Gasteiger charge is 2.13. The van der Waals surface area contributed by atoms with Gasteiger partial charge < -0.3 is 9.30 Å². The first kappa shape index (κ1) is 18.0. The molecular formula is C21H22N4O3. The molecule has 0 aliphatic heterocycles. The number of nitrogens with zero attached hydrogens (tertiary/aromatic N) is 4. The molecule has 144 valence electrons. The van der Waals surface area contributed by atoms with E-state index in [1.165, 1.54) is 11.6 Å². The molecule has 7 heteroatoms. The maximum Gasteiger partial charge on any atom is 0.332 e. The van der Waals surface area contributed by atoms with Crippen LogP contribution in [-0.4, -0.2) is 25.3 Å². The van der Waals surface area contributed by atoms with Gasteiger partial charge in [-0.3, -0.25) is 13.9 Å². The summed E-state index contributed by atoms with van der Waals surface area (Å²) in [6.07, 6.45) is 3.30. The minimum atomic E-state index is -0.369. The Balaban J connectivity index is 1.42. The third-order valence-corrected chi connectivity index (χ3v) is 5.02. The molecule has 4 rings (SSSR count). The van der Waals surface area contributed by atoms with Crippen LogP contribution in [0.3, 0.4) is 0 Å². The Labute approximate surface area is 161 Å². The van der Waals surface area contributed by atoms with Crippen molar-refractivity contribution in [3.05, 3.63) is 69.6 Å². The number of ether oxygens (including phenoxy) is 1. The van der Waals surface area contributed by atoms with Crippen LogP contribution in [0.2, 0.25) is 0 Å². The molecule has 0 N–H and O–H groups in total. The van der Waals surface area contributed by atoms with Gasteiger partial charge in [-0.05, 0) is 24.3 Å². The highest BCUT2D eigenvalue weighted by atomic mass is 16.5. The fourth-order valence-corrected chi connectivity index (χ4v) is 3.45. The molecule has 0 aliphatic rings. The number of unbranched alkanes of at least 4 members (excludes halogenated alkanes) is 1. The van der Waals surface area contributed by atoms with Gasteiger partial charge in [0.05, 0.1) is 12.9 Å². The van der Waals surface area contributed by atoms with Crippen LogP contribution in [0.15, 0.2) is 58.4 Å². The Morgan fingerprint density at radius 1 is 0.964 bits per heavy atom. The van der Waals surface area contributed by atoms with Crippen molar-refractivity contribution in [2.45, 2.75) is 19.4 Å². The van der Waals surface area contributed by atoms with Gasteiger partial charge >= 0.3 is 5.69 Å². The normalized spacial score (nSPS) is 11.4. The van der Waals surface area contributed by atoms with E-state index in [1.54, 1.807) is 13.4 Å². The number of hydrogen-bond acceptors (Lipinski definition) is 4. The van der Waals surface area contributed by atoms with E-state index >= 15 is 0 Å². The summed E-state index contributed by atoms with van der Waals surface area (Å²) in [6.45, 7) is 1.24. The number of hydrogen-bond donors (Lipinski definition) is 0. The number of fused-ring (bicyclic) bond motifs is 2. The van der Waals surface area contributed by atoms with E-state index in [9.17, 15) is 9.59 Å². The fraction of sp³-hybridized carbons (Fsp3) is 0.286. The lowest BCUT2D eigenvalue weighted by molar-refractivity contribution is 0.307. The van der Waals surface area contributed by atoms with Crippen LogP contribution in [0.1, 0.15) is 12.8 Å². The third-order valence-electron chi connectivity index (χ3n) is 5.02.